The minimum atomic E-state index is -0.611. The summed E-state index contributed by atoms with van der Waals surface area (Å²) in [5, 5.41) is 2.10. The van der Waals surface area contributed by atoms with Crippen molar-refractivity contribution >= 4 is 23.2 Å². The van der Waals surface area contributed by atoms with Gasteiger partial charge in [-0.05, 0) is 48.1 Å². The van der Waals surface area contributed by atoms with E-state index in [1.54, 1.807) is 30.8 Å². The van der Waals surface area contributed by atoms with Crippen LogP contribution in [0.4, 0.5) is 0 Å². The van der Waals surface area contributed by atoms with E-state index < -0.39 is 5.54 Å². The Hall–Kier alpha value is -2.21. The first kappa shape index (κ1) is 16.6. The molecule has 0 spiro atoms. The van der Waals surface area contributed by atoms with Crippen LogP contribution >= 0.6 is 11.3 Å². The summed E-state index contributed by atoms with van der Waals surface area (Å²) in [7, 11) is 1.69. The summed E-state index contributed by atoms with van der Waals surface area (Å²) in [5.74, 6) is 0.142. The van der Waals surface area contributed by atoms with Gasteiger partial charge in [-0.15, -0.1) is 11.3 Å². The van der Waals surface area contributed by atoms with Crippen molar-refractivity contribution in [1.82, 2.24) is 9.88 Å². The Morgan fingerprint density at radius 1 is 1.33 bits per heavy atom. The summed E-state index contributed by atoms with van der Waals surface area (Å²) < 4.78 is 0. The molecule has 0 saturated heterocycles. The second-order valence-electron chi connectivity index (χ2n) is 6.29. The SMILES string of the molecule is CCCC1C(=O)N(C)C(N)=N[C@]1(C)c1cc(-c2ccncc2)cs1. The zero-order valence-corrected chi connectivity index (χ0v) is 15.0. The molecule has 0 saturated carbocycles. The first-order valence-corrected chi connectivity index (χ1v) is 8.97. The molecule has 2 aromatic heterocycles. The van der Waals surface area contributed by atoms with E-state index in [0.29, 0.717) is 0 Å². The highest BCUT2D eigenvalue weighted by molar-refractivity contribution is 7.10. The first-order valence-electron chi connectivity index (χ1n) is 8.09. The van der Waals surface area contributed by atoms with E-state index in [0.717, 1.165) is 28.8 Å². The van der Waals surface area contributed by atoms with Crippen LogP contribution in [0.5, 0.6) is 0 Å². The van der Waals surface area contributed by atoms with E-state index in [4.69, 9.17) is 10.7 Å². The Balaban J connectivity index is 2.05. The molecule has 1 unspecified atom stereocenters. The van der Waals surface area contributed by atoms with Gasteiger partial charge in [0.15, 0.2) is 5.96 Å². The number of carbonyl (C=O) groups is 1. The molecule has 0 fully saturated rings. The summed E-state index contributed by atoms with van der Waals surface area (Å²) in [5.41, 5.74) is 7.63. The van der Waals surface area contributed by atoms with Crippen LogP contribution in [0.25, 0.3) is 11.1 Å². The number of guanidine groups is 1. The smallest absolute Gasteiger partial charge is 0.234 e. The highest BCUT2D eigenvalue weighted by atomic mass is 32.1. The van der Waals surface area contributed by atoms with Crippen molar-refractivity contribution in [2.24, 2.45) is 16.6 Å². The molecule has 2 N–H and O–H groups in total. The van der Waals surface area contributed by atoms with E-state index in [2.05, 4.69) is 23.4 Å². The van der Waals surface area contributed by atoms with E-state index >= 15 is 0 Å². The molecule has 3 heterocycles. The van der Waals surface area contributed by atoms with Gasteiger partial charge in [0.05, 0.1) is 5.92 Å². The molecule has 24 heavy (non-hydrogen) atoms. The quantitative estimate of drug-likeness (QED) is 0.927. The van der Waals surface area contributed by atoms with Crippen molar-refractivity contribution in [3.05, 3.63) is 40.8 Å². The Kier molecular flexibility index (Phi) is 4.41. The minimum absolute atomic E-state index is 0.0470. The molecule has 2 atom stereocenters. The summed E-state index contributed by atoms with van der Waals surface area (Å²) >= 11 is 1.63. The molecular formula is C18H22N4OS. The third-order valence-electron chi connectivity index (χ3n) is 4.69. The number of nitrogens with zero attached hydrogens (tertiary/aromatic N) is 3. The van der Waals surface area contributed by atoms with Gasteiger partial charge in [-0.3, -0.25) is 14.7 Å². The molecule has 126 valence electrons. The molecule has 0 aromatic carbocycles. The standard InChI is InChI=1S/C18H22N4OS/c1-4-5-14-16(23)22(3)17(19)21-18(14,2)15-10-13(11-24-15)12-6-8-20-9-7-12/h6-11,14H,4-5H2,1-3H3,(H2,19,21)/t14?,18-/m0/s1. The average molecular weight is 342 g/mol. The third-order valence-corrected chi connectivity index (χ3v) is 5.84. The van der Waals surface area contributed by atoms with Crippen molar-refractivity contribution in [3.8, 4) is 11.1 Å². The molecule has 0 aliphatic carbocycles. The molecular weight excluding hydrogens is 320 g/mol. The maximum Gasteiger partial charge on any atom is 0.234 e. The number of pyridine rings is 1. The number of hydrogen-bond donors (Lipinski definition) is 1. The van der Waals surface area contributed by atoms with Gasteiger partial charge in [0, 0.05) is 24.3 Å². The average Bonchev–Trinajstić information content (AvgIpc) is 3.08. The highest BCUT2D eigenvalue weighted by Crippen LogP contribution is 2.43. The van der Waals surface area contributed by atoms with Crippen LogP contribution in [0.2, 0.25) is 0 Å². The van der Waals surface area contributed by atoms with Gasteiger partial charge in [-0.2, -0.15) is 0 Å². The summed E-state index contributed by atoms with van der Waals surface area (Å²) in [6.45, 7) is 4.11. The topological polar surface area (TPSA) is 71.6 Å². The van der Waals surface area contributed by atoms with E-state index in [1.807, 2.05) is 19.1 Å². The summed E-state index contributed by atoms with van der Waals surface area (Å²) in [4.78, 5) is 24.1. The van der Waals surface area contributed by atoms with Crippen LogP contribution in [0, 0.1) is 5.92 Å². The number of carbonyl (C=O) groups excluding carboxylic acids is 1. The van der Waals surface area contributed by atoms with Gasteiger partial charge in [-0.1, -0.05) is 13.3 Å². The fourth-order valence-corrected chi connectivity index (χ4v) is 4.27. The lowest BCUT2D eigenvalue weighted by Crippen LogP contribution is -2.53. The number of nitrogens with two attached hydrogens (primary N) is 1. The van der Waals surface area contributed by atoms with Crippen molar-refractivity contribution in [3.63, 3.8) is 0 Å². The molecule has 3 rings (SSSR count). The normalized spacial score (nSPS) is 24.1. The van der Waals surface area contributed by atoms with Crippen LogP contribution in [0.15, 0.2) is 41.0 Å². The minimum Gasteiger partial charge on any atom is -0.369 e. The molecule has 1 aliphatic heterocycles. The van der Waals surface area contributed by atoms with Crippen LogP contribution in [-0.4, -0.2) is 28.8 Å². The van der Waals surface area contributed by atoms with Crippen LogP contribution in [-0.2, 0) is 10.3 Å². The Morgan fingerprint density at radius 2 is 2.04 bits per heavy atom. The zero-order chi connectivity index (χ0) is 17.3. The van der Waals surface area contributed by atoms with Gasteiger partial charge in [0.25, 0.3) is 0 Å². The predicted molar refractivity (Wildman–Crippen MR) is 97.7 cm³/mol. The fraction of sp³-hybridized carbons (Fsp3) is 0.389. The number of amides is 1. The lowest BCUT2D eigenvalue weighted by molar-refractivity contribution is -0.134. The van der Waals surface area contributed by atoms with Gasteiger partial charge in [0.2, 0.25) is 5.91 Å². The van der Waals surface area contributed by atoms with Gasteiger partial charge >= 0.3 is 0 Å². The second-order valence-corrected chi connectivity index (χ2v) is 7.20. The fourth-order valence-electron chi connectivity index (χ4n) is 3.20. The number of aliphatic imine (C=N–C) groups is 1. The zero-order valence-electron chi connectivity index (χ0n) is 14.2. The summed E-state index contributed by atoms with van der Waals surface area (Å²) in [6, 6.07) is 6.09. The van der Waals surface area contributed by atoms with Crippen LogP contribution < -0.4 is 5.73 Å². The molecule has 5 nitrogen and oxygen atoms in total. The Morgan fingerprint density at radius 3 is 2.71 bits per heavy atom. The summed E-state index contributed by atoms with van der Waals surface area (Å²) in [6.07, 6.45) is 5.28. The molecule has 2 aromatic rings. The number of aromatic nitrogens is 1. The van der Waals surface area contributed by atoms with Crippen LogP contribution in [0.1, 0.15) is 31.6 Å². The lowest BCUT2D eigenvalue weighted by atomic mass is 9.79. The molecule has 1 amide bonds. The maximum absolute atomic E-state index is 12.8. The van der Waals surface area contributed by atoms with Gasteiger partial charge in [0.1, 0.15) is 5.54 Å². The number of hydrogen-bond acceptors (Lipinski definition) is 5. The Labute approximate surface area is 146 Å². The molecule has 6 heteroatoms. The third kappa shape index (κ3) is 2.71. The molecule has 0 bridgehead atoms. The predicted octanol–water partition coefficient (Wildman–Crippen LogP) is 3.23. The molecule has 0 radical (unpaired) electrons. The maximum atomic E-state index is 12.8. The van der Waals surface area contributed by atoms with Crippen molar-refractivity contribution < 1.29 is 4.79 Å². The van der Waals surface area contributed by atoms with Crippen molar-refractivity contribution in [2.75, 3.05) is 7.05 Å². The first-order chi connectivity index (χ1) is 11.5. The molecule has 1 aliphatic rings. The van der Waals surface area contributed by atoms with Crippen LogP contribution in [0.3, 0.4) is 0 Å². The van der Waals surface area contributed by atoms with E-state index in [1.165, 1.54) is 4.90 Å². The number of rotatable bonds is 4. The van der Waals surface area contributed by atoms with Gasteiger partial charge in [-0.25, -0.2) is 4.99 Å². The van der Waals surface area contributed by atoms with E-state index in [-0.39, 0.29) is 17.8 Å². The second kappa shape index (κ2) is 6.36. The van der Waals surface area contributed by atoms with E-state index in [9.17, 15) is 4.79 Å². The van der Waals surface area contributed by atoms with Gasteiger partial charge < -0.3 is 5.73 Å². The Bertz CT molecular complexity index is 770. The monoisotopic (exact) mass is 342 g/mol. The van der Waals surface area contributed by atoms with Crippen molar-refractivity contribution in [2.45, 2.75) is 32.2 Å². The highest BCUT2D eigenvalue weighted by Gasteiger charge is 2.46. The van der Waals surface area contributed by atoms with Crippen molar-refractivity contribution in [1.29, 1.82) is 0 Å². The number of thiophene rings is 1. The largest absolute Gasteiger partial charge is 0.369 e. The lowest BCUT2D eigenvalue weighted by Gasteiger charge is -2.39.